The number of nitrogens with zero attached hydrogens (tertiary/aromatic N) is 2. The lowest BCUT2D eigenvalue weighted by Crippen LogP contribution is -2.65. The van der Waals surface area contributed by atoms with E-state index < -0.39 is 0 Å². The smallest absolute Gasteiger partial charge is 0.225 e. The summed E-state index contributed by atoms with van der Waals surface area (Å²) in [5.74, 6) is 0.760. The van der Waals surface area contributed by atoms with Gasteiger partial charge in [-0.15, -0.1) is 0 Å². The zero-order valence-corrected chi connectivity index (χ0v) is 17.7. The molecule has 2 aliphatic rings. The van der Waals surface area contributed by atoms with E-state index in [0.717, 1.165) is 51.6 Å². The first kappa shape index (κ1) is 20.7. The minimum atomic E-state index is 0.151. The number of hydrogen-bond acceptors (Lipinski definition) is 2. The molecule has 3 nitrogen and oxygen atoms in total. The van der Waals surface area contributed by atoms with Crippen LogP contribution in [0.5, 0.6) is 0 Å². The topological polar surface area (TPSA) is 23.6 Å². The molecule has 1 amide bonds. The average Bonchev–Trinajstić information content (AvgIpc) is 2.54. The number of piperidine rings is 1. The van der Waals surface area contributed by atoms with Gasteiger partial charge in [0.1, 0.15) is 0 Å². The van der Waals surface area contributed by atoms with Crippen LogP contribution >= 0.6 is 0 Å². The molecule has 146 valence electrons. The Kier molecular flexibility index (Phi) is 6.98. The van der Waals surface area contributed by atoms with Gasteiger partial charge in [-0.05, 0) is 66.3 Å². The molecular formula is C22H42N2O. The predicted molar refractivity (Wildman–Crippen MR) is 107 cm³/mol. The van der Waals surface area contributed by atoms with Gasteiger partial charge in [0.2, 0.25) is 5.91 Å². The van der Waals surface area contributed by atoms with E-state index in [1.807, 2.05) is 0 Å². The van der Waals surface area contributed by atoms with Gasteiger partial charge in [0, 0.05) is 29.6 Å². The molecule has 1 aliphatic carbocycles. The maximum Gasteiger partial charge on any atom is 0.225 e. The van der Waals surface area contributed by atoms with Gasteiger partial charge in [-0.2, -0.15) is 0 Å². The standard InChI is InChI=1S/C22H42N2O/c1-7-9-15-23(20(25)18-13-11-10-12-14-18)19-16-21(3,4)24(8-2)22(5,6)17-19/h18-19H,7-17H2,1-6H3. The van der Waals surface area contributed by atoms with Crippen molar-refractivity contribution in [3.8, 4) is 0 Å². The number of hydrogen-bond donors (Lipinski definition) is 0. The van der Waals surface area contributed by atoms with Crippen LogP contribution in [0, 0.1) is 5.92 Å². The third-order valence-electron chi connectivity index (χ3n) is 6.68. The molecule has 25 heavy (non-hydrogen) atoms. The van der Waals surface area contributed by atoms with Gasteiger partial charge in [0.05, 0.1) is 0 Å². The van der Waals surface area contributed by atoms with Crippen molar-refractivity contribution in [1.82, 2.24) is 9.80 Å². The molecule has 0 unspecified atom stereocenters. The quantitative estimate of drug-likeness (QED) is 0.654. The van der Waals surface area contributed by atoms with Crippen LogP contribution in [0.15, 0.2) is 0 Å². The molecule has 0 N–H and O–H groups in total. The van der Waals surface area contributed by atoms with E-state index in [0.29, 0.717) is 17.9 Å². The fraction of sp³-hybridized carbons (Fsp3) is 0.955. The van der Waals surface area contributed by atoms with E-state index in [9.17, 15) is 4.79 Å². The highest BCUT2D eigenvalue weighted by Gasteiger charge is 2.47. The Morgan fingerprint density at radius 3 is 2.04 bits per heavy atom. The summed E-state index contributed by atoms with van der Waals surface area (Å²) in [4.78, 5) is 18.3. The highest BCUT2D eigenvalue weighted by molar-refractivity contribution is 5.79. The van der Waals surface area contributed by atoms with E-state index in [1.54, 1.807) is 0 Å². The minimum Gasteiger partial charge on any atom is -0.339 e. The van der Waals surface area contributed by atoms with Crippen LogP contribution in [-0.4, -0.2) is 45.9 Å². The molecule has 1 aliphatic heterocycles. The van der Waals surface area contributed by atoms with Crippen molar-refractivity contribution in [2.45, 2.75) is 116 Å². The SMILES string of the molecule is CCCCN(C(=O)C1CCCCC1)C1CC(C)(C)N(CC)C(C)(C)C1. The highest BCUT2D eigenvalue weighted by Crippen LogP contribution is 2.41. The number of unbranched alkanes of at least 4 members (excludes halogenated alkanes) is 1. The average molecular weight is 351 g/mol. The number of amides is 1. The highest BCUT2D eigenvalue weighted by atomic mass is 16.2. The maximum absolute atomic E-state index is 13.4. The van der Waals surface area contributed by atoms with Gasteiger partial charge in [0.15, 0.2) is 0 Å². The summed E-state index contributed by atoms with van der Waals surface area (Å²) in [5.41, 5.74) is 0.303. The molecule has 3 heteroatoms. The molecule has 0 spiro atoms. The Labute approximate surface area is 156 Å². The molecular weight excluding hydrogens is 308 g/mol. The van der Waals surface area contributed by atoms with Crippen molar-refractivity contribution in [3.05, 3.63) is 0 Å². The van der Waals surface area contributed by atoms with E-state index in [4.69, 9.17) is 0 Å². The fourth-order valence-electron chi connectivity index (χ4n) is 5.73. The maximum atomic E-state index is 13.4. The third kappa shape index (κ3) is 4.78. The first-order valence-electron chi connectivity index (χ1n) is 10.8. The van der Waals surface area contributed by atoms with Crippen molar-refractivity contribution in [3.63, 3.8) is 0 Å². The number of rotatable bonds is 6. The summed E-state index contributed by atoms with van der Waals surface area (Å²) in [6.07, 6.45) is 10.5. The van der Waals surface area contributed by atoms with E-state index in [1.165, 1.54) is 19.3 Å². The largest absolute Gasteiger partial charge is 0.339 e. The number of carbonyl (C=O) groups excluding carboxylic acids is 1. The van der Waals surface area contributed by atoms with Crippen molar-refractivity contribution in [2.24, 2.45) is 5.92 Å². The Hall–Kier alpha value is -0.570. The van der Waals surface area contributed by atoms with Crippen LogP contribution in [-0.2, 0) is 4.79 Å². The van der Waals surface area contributed by atoms with Crippen molar-refractivity contribution in [2.75, 3.05) is 13.1 Å². The molecule has 0 bridgehead atoms. The van der Waals surface area contributed by atoms with Gasteiger partial charge >= 0.3 is 0 Å². The second kappa shape index (κ2) is 8.41. The van der Waals surface area contributed by atoms with Gasteiger partial charge in [-0.25, -0.2) is 0 Å². The molecule has 0 radical (unpaired) electrons. The van der Waals surface area contributed by atoms with Gasteiger partial charge < -0.3 is 4.90 Å². The van der Waals surface area contributed by atoms with Crippen LogP contribution in [0.3, 0.4) is 0 Å². The third-order valence-corrected chi connectivity index (χ3v) is 6.68. The molecule has 0 aromatic rings. The van der Waals surface area contributed by atoms with E-state index >= 15 is 0 Å². The fourth-order valence-corrected chi connectivity index (χ4v) is 5.73. The van der Waals surface area contributed by atoms with E-state index in [2.05, 4.69) is 51.3 Å². The van der Waals surface area contributed by atoms with Crippen LogP contribution < -0.4 is 0 Å². The monoisotopic (exact) mass is 350 g/mol. The van der Waals surface area contributed by atoms with Gasteiger partial charge in [0.25, 0.3) is 0 Å². The Balaban J connectivity index is 2.20. The summed E-state index contributed by atoms with van der Waals surface area (Å²) >= 11 is 0. The van der Waals surface area contributed by atoms with Crippen LogP contribution in [0.4, 0.5) is 0 Å². The summed E-state index contributed by atoms with van der Waals surface area (Å²) in [6.45, 7) is 16.0. The summed E-state index contributed by atoms with van der Waals surface area (Å²) in [7, 11) is 0. The summed E-state index contributed by atoms with van der Waals surface area (Å²) < 4.78 is 0. The molecule has 2 fully saturated rings. The minimum absolute atomic E-state index is 0.151. The lowest BCUT2D eigenvalue weighted by Gasteiger charge is -2.57. The normalized spacial score (nSPS) is 25.0. The first-order valence-corrected chi connectivity index (χ1v) is 10.8. The second-order valence-corrected chi connectivity index (χ2v) is 9.65. The van der Waals surface area contributed by atoms with Crippen molar-refractivity contribution < 1.29 is 4.79 Å². The Bertz CT molecular complexity index is 419. The summed E-state index contributed by atoms with van der Waals surface area (Å²) in [5, 5.41) is 0. The number of likely N-dealkylation sites (tertiary alicyclic amines) is 1. The Morgan fingerprint density at radius 1 is 1.00 bits per heavy atom. The lowest BCUT2D eigenvalue weighted by molar-refractivity contribution is -0.144. The summed E-state index contributed by atoms with van der Waals surface area (Å²) in [6, 6.07) is 0.397. The molecule has 2 rings (SSSR count). The molecule has 0 aromatic heterocycles. The lowest BCUT2D eigenvalue weighted by atomic mass is 9.75. The molecule has 1 saturated heterocycles. The second-order valence-electron chi connectivity index (χ2n) is 9.65. The van der Waals surface area contributed by atoms with Gasteiger partial charge in [-0.3, -0.25) is 9.69 Å². The van der Waals surface area contributed by atoms with Crippen LogP contribution in [0.1, 0.15) is 99.3 Å². The molecule has 0 atom stereocenters. The van der Waals surface area contributed by atoms with Crippen molar-refractivity contribution in [1.29, 1.82) is 0 Å². The molecule has 0 aromatic carbocycles. The van der Waals surface area contributed by atoms with Crippen molar-refractivity contribution >= 4 is 5.91 Å². The first-order chi connectivity index (χ1) is 11.7. The molecule has 1 saturated carbocycles. The zero-order valence-electron chi connectivity index (χ0n) is 17.7. The van der Waals surface area contributed by atoms with Crippen LogP contribution in [0.2, 0.25) is 0 Å². The predicted octanol–water partition coefficient (Wildman–Crippen LogP) is 5.24. The number of carbonyl (C=O) groups is 1. The zero-order chi connectivity index (χ0) is 18.7. The Morgan fingerprint density at radius 2 is 1.56 bits per heavy atom. The van der Waals surface area contributed by atoms with E-state index in [-0.39, 0.29) is 11.1 Å². The van der Waals surface area contributed by atoms with Crippen LogP contribution in [0.25, 0.3) is 0 Å². The molecule has 1 heterocycles. The van der Waals surface area contributed by atoms with Gasteiger partial charge in [-0.1, -0.05) is 39.5 Å².